The van der Waals surface area contributed by atoms with Crippen molar-refractivity contribution in [2.24, 2.45) is 17.8 Å². The summed E-state index contributed by atoms with van der Waals surface area (Å²) in [7, 11) is 1.05. The van der Waals surface area contributed by atoms with Crippen LogP contribution in [0.4, 0.5) is 0 Å². The van der Waals surface area contributed by atoms with Crippen molar-refractivity contribution in [3.05, 3.63) is 76.5 Å². The highest BCUT2D eigenvalue weighted by atomic mass is 35.5. The van der Waals surface area contributed by atoms with Gasteiger partial charge >= 0.3 is 0 Å². The molecule has 10 heteroatoms. The van der Waals surface area contributed by atoms with E-state index in [1.54, 1.807) is 13.2 Å². The van der Waals surface area contributed by atoms with E-state index in [-0.39, 0.29) is 27.9 Å². The van der Waals surface area contributed by atoms with Crippen LogP contribution < -0.4 is 9.47 Å². The van der Waals surface area contributed by atoms with E-state index in [4.69, 9.17) is 34.9 Å². The second-order valence-electron chi connectivity index (χ2n) is 15.8. The Morgan fingerprint density at radius 1 is 1.11 bits per heavy atom. The number of benzene rings is 1. The van der Waals surface area contributed by atoms with E-state index in [1.165, 1.54) is 0 Å². The Balaban J connectivity index is 1.99. The lowest BCUT2D eigenvalue weighted by Crippen LogP contribution is -2.61. The van der Waals surface area contributed by atoms with Crippen LogP contribution in [-0.4, -0.2) is 60.4 Å². The second-order valence-corrected chi connectivity index (χ2v) is 25.3. The van der Waals surface area contributed by atoms with E-state index in [9.17, 15) is 5.26 Å². The van der Waals surface area contributed by atoms with Gasteiger partial charge in [0.25, 0.3) is 0 Å². The van der Waals surface area contributed by atoms with Crippen molar-refractivity contribution in [3.8, 4) is 17.7 Å². The predicted octanol–water partition coefficient (Wildman–Crippen LogP) is 8.28. The summed E-state index contributed by atoms with van der Waals surface area (Å²) in [6, 6.07) is 12.0. The fourth-order valence-electron chi connectivity index (χ4n) is 7.64. The maximum absolute atomic E-state index is 9.79. The summed E-state index contributed by atoms with van der Waals surface area (Å²) in [5.74, 6) is 1.01. The van der Waals surface area contributed by atoms with Gasteiger partial charge in [-0.25, -0.2) is 4.98 Å². The van der Waals surface area contributed by atoms with Gasteiger partial charge in [0, 0.05) is 24.4 Å². The largest absolute Gasteiger partial charge is 0.481 e. The van der Waals surface area contributed by atoms with Crippen molar-refractivity contribution in [1.82, 2.24) is 9.88 Å². The molecule has 6 atom stereocenters. The van der Waals surface area contributed by atoms with Crippen LogP contribution in [0, 0.1) is 29.1 Å². The first-order valence-electron chi connectivity index (χ1n) is 16.2. The van der Waals surface area contributed by atoms with Gasteiger partial charge in [-0.3, -0.25) is 0 Å². The van der Waals surface area contributed by atoms with Gasteiger partial charge in [-0.2, -0.15) is 5.26 Å². The smallest absolute Gasteiger partial charge is 0.224 e. The Morgan fingerprint density at radius 2 is 1.78 bits per heavy atom. The standard InChI is InChI=1S/C36H50ClN3O4Si2/c1-34(2,3)46(10,11)43-32-27(23-40(4)5)30(25-15-13-12-14-16-25)35(26-19-17-24(22-38)18-20-26)36(32,44-45(7,8)9)31-28(42-35)21-29(37)39-33(31)41-6/h12-15,17-21,25,27,30,32H,16,23H2,1-11H3/t25?,27-,30-,32-,35+,36+/m1/s1. The molecule has 2 aliphatic carbocycles. The summed E-state index contributed by atoms with van der Waals surface area (Å²) in [5.41, 5.74) is 0.0916. The molecule has 1 aliphatic heterocycles. The molecule has 5 rings (SSSR count). The summed E-state index contributed by atoms with van der Waals surface area (Å²) in [4.78, 5) is 6.99. The van der Waals surface area contributed by atoms with Crippen LogP contribution in [-0.2, 0) is 20.1 Å². The fraction of sp³-hybridized carbons (Fsp3) is 0.556. The van der Waals surface area contributed by atoms with Crippen molar-refractivity contribution in [1.29, 1.82) is 5.26 Å². The van der Waals surface area contributed by atoms with Gasteiger partial charge in [0.15, 0.2) is 27.8 Å². The van der Waals surface area contributed by atoms with Crippen LogP contribution in [0.15, 0.2) is 54.6 Å². The summed E-state index contributed by atoms with van der Waals surface area (Å²) in [6.45, 7) is 18.9. The van der Waals surface area contributed by atoms with Gasteiger partial charge in [-0.1, -0.05) is 68.8 Å². The molecule has 248 valence electrons. The molecule has 1 fully saturated rings. The molecule has 0 amide bonds. The zero-order chi connectivity index (χ0) is 33.9. The summed E-state index contributed by atoms with van der Waals surface area (Å²) in [6.07, 6.45) is 9.27. The molecule has 1 unspecified atom stereocenters. The Kier molecular flexibility index (Phi) is 9.26. The van der Waals surface area contributed by atoms with Crippen molar-refractivity contribution < 1.29 is 18.3 Å². The lowest BCUT2D eigenvalue weighted by molar-refractivity contribution is -0.145. The number of allylic oxidation sites excluding steroid dienone is 4. The van der Waals surface area contributed by atoms with Gasteiger partial charge in [-0.15, -0.1) is 0 Å². The van der Waals surface area contributed by atoms with Crippen molar-refractivity contribution in [2.75, 3.05) is 27.7 Å². The molecule has 0 radical (unpaired) electrons. The zero-order valence-corrected chi connectivity index (χ0v) is 32.0. The molecule has 3 aliphatic rings. The predicted molar refractivity (Wildman–Crippen MR) is 189 cm³/mol. The molecule has 7 nitrogen and oxygen atoms in total. The Morgan fingerprint density at radius 3 is 2.30 bits per heavy atom. The van der Waals surface area contributed by atoms with Gasteiger partial charge in [0.2, 0.25) is 5.88 Å². The second kappa shape index (κ2) is 12.2. The molecule has 0 N–H and O–H groups in total. The SMILES string of the molecule is COc1nc(Cl)cc2c1[C@]1(O[Si](C)(C)C)[C@H](O[Si](C)(C)C(C)(C)C)[C@H](CN(C)C)[C@@H](C3C=CC=CC3)[C@]1(c1ccc(C#N)cc1)O2. The van der Waals surface area contributed by atoms with E-state index in [1.807, 2.05) is 24.3 Å². The summed E-state index contributed by atoms with van der Waals surface area (Å²) < 4.78 is 29.1. The Bertz CT molecular complexity index is 1560. The van der Waals surface area contributed by atoms with Gasteiger partial charge < -0.3 is 23.2 Å². The Hall–Kier alpha value is -2.46. The van der Waals surface area contributed by atoms with Crippen molar-refractivity contribution >= 4 is 28.2 Å². The van der Waals surface area contributed by atoms with Gasteiger partial charge in [-0.05, 0) is 81.9 Å². The van der Waals surface area contributed by atoms with E-state index in [2.05, 4.69) is 103 Å². The van der Waals surface area contributed by atoms with Gasteiger partial charge in [0.05, 0.1) is 30.4 Å². The quantitative estimate of drug-likeness (QED) is 0.195. The average molecular weight is 680 g/mol. The summed E-state index contributed by atoms with van der Waals surface area (Å²) >= 11 is 6.67. The molecule has 0 saturated heterocycles. The first kappa shape index (κ1) is 34.9. The zero-order valence-electron chi connectivity index (χ0n) is 29.3. The number of ether oxygens (including phenoxy) is 2. The van der Waals surface area contributed by atoms with E-state index >= 15 is 0 Å². The third-order valence-corrected chi connectivity index (χ3v) is 15.8. The number of aromatic nitrogens is 1. The summed E-state index contributed by atoms with van der Waals surface area (Å²) in [5, 5.41) is 10.0. The number of nitrogens with zero attached hydrogens (tertiary/aromatic N) is 3. The van der Waals surface area contributed by atoms with Crippen LogP contribution >= 0.6 is 11.6 Å². The molecule has 0 bridgehead atoms. The Labute approximate surface area is 282 Å². The molecular weight excluding hydrogens is 630 g/mol. The van der Waals surface area contributed by atoms with Gasteiger partial charge in [0.1, 0.15) is 10.9 Å². The topological polar surface area (TPSA) is 76.8 Å². The number of nitriles is 1. The van der Waals surface area contributed by atoms with E-state index in [0.29, 0.717) is 17.2 Å². The monoisotopic (exact) mass is 679 g/mol. The van der Waals surface area contributed by atoms with E-state index < -0.39 is 33.9 Å². The third-order valence-electron chi connectivity index (χ3n) is 10.2. The molecule has 1 aromatic carbocycles. The molecule has 1 aromatic heterocycles. The highest BCUT2D eigenvalue weighted by Crippen LogP contribution is 2.72. The average Bonchev–Trinajstić information content (AvgIpc) is 3.34. The lowest BCUT2D eigenvalue weighted by atomic mass is 9.67. The molecule has 2 heterocycles. The van der Waals surface area contributed by atoms with Crippen LogP contribution in [0.25, 0.3) is 0 Å². The number of pyridine rings is 1. The number of hydrogen-bond donors (Lipinski definition) is 0. The van der Waals surface area contributed by atoms with Crippen LogP contribution in [0.2, 0.25) is 42.9 Å². The number of fused-ring (bicyclic) bond motifs is 3. The first-order chi connectivity index (χ1) is 21.4. The third kappa shape index (κ3) is 5.69. The highest BCUT2D eigenvalue weighted by molar-refractivity contribution is 6.74. The lowest BCUT2D eigenvalue weighted by Gasteiger charge is -2.50. The van der Waals surface area contributed by atoms with E-state index in [0.717, 1.165) is 24.1 Å². The number of halogens is 1. The normalized spacial score (nSPS) is 29.0. The molecule has 2 aromatic rings. The molecule has 0 spiro atoms. The van der Waals surface area contributed by atoms with Crippen LogP contribution in [0.5, 0.6) is 11.6 Å². The maximum atomic E-state index is 9.79. The van der Waals surface area contributed by atoms with Crippen molar-refractivity contribution in [3.63, 3.8) is 0 Å². The first-order valence-corrected chi connectivity index (χ1v) is 22.9. The fourth-order valence-corrected chi connectivity index (χ4v) is 10.5. The molecule has 46 heavy (non-hydrogen) atoms. The minimum absolute atomic E-state index is 0.00852. The number of methoxy groups -OCH3 is 1. The van der Waals surface area contributed by atoms with Crippen LogP contribution in [0.3, 0.4) is 0 Å². The van der Waals surface area contributed by atoms with Crippen molar-refractivity contribution in [2.45, 2.75) is 82.3 Å². The maximum Gasteiger partial charge on any atom is 0.224 e. The minimum atomic E-state index is -2.43. The number of hydrogen-bond acceptors (Lipinski definition) is 7. The molecule has 1 saturated carbocycles. The number of rotatable bonds is 9. The van der Waals surface area contributed by atoms with Crippen LogP contribution in [0.1, 0.15) is 43.9 Å². The minimum Gasteiger partial charge on any atom is -0.481 e. The molecular formula is C36H50ClN3O4Si2. The highest BCUT2D eigenvalue weighted by Gasteiger charge is 2.80.